The Balaban J connectivity index is 2.36. The quantitative estimate of drug-likeness (QED) is 0.902. The van der Waals surface area contributed by atoms with Gasteiger partial charge in [-0.15, -0.1) is 11.3 Å². The first-order chi connectivity index (χ1) is 9.83. The highest BCUT2D eigenvalue weighted by Gasteiger charge is 2.34. The molecule has 0 aromatic carbocycles. The van der Waals surface area contributed by atoms with Crippen molar-refractivity contribution in [3.63, 3.8) is 0 Å². The van der Waals surface area contributed by atoms with E-state index in [9.17, 15) is 18.0 Å². The van der Waals surface area contributed by atoms with E-state index >= 15 is 0 Å². The molecule has 114 valence electrons. The largest absolute Gasteiger partial charge is 0.406 e. The third-order valence-electron chi connectivity index (χ3n) is 2.70. The molecule has 0 saturated carbocycles. The summed E-state index contributed by atoms with van der Waals surface area (Å²) in [5, 5.41) is 8.84. The van der Waals surface area contributed by atoms with Gasteiger partial charge in [-0.25, -0.2) is 0 Å². The lowest BCUT2D eigenvalue weighted by Gasteiger charge is -2.22. The second-order valence-electron chi connectivity index (χ2n) is 4.26. The molecule has 0 aliphatic rings. The van der Waals surface area contributed by atoms with Crippen LogP contribution in [-0.2, 0) is 0 Å². The molecule has 3 N–H and O–H groups in total. The molecule has 9 heteroatoms. The zero-order valence-corrected chi connectivity index (χ0v) is 11.5. The molecule has 0 fully saturated rings. The maximum atomic E-state index is 12.5. The molecule has 2 aromatic rings. The number of thiophene rings is 1. The Labute approximate surface area is 121 Å². The number of fused-ring (bicyclic) bond motifs is 1. The van der Waals surface area contributed by atoms with Crippen LogP contribution in [0.3, 0.4) is 0 Å². The first-order valence-electron chi connectivity index (χ1n) is 5.93. The standard InChI is InChI=1S/C12H12F3N3O2S/c13-12(14,15)6-18(4-5-19)11(20)10-8(16)9-7(21-10)2-1-3-17-9/h1-3,19H,4-6,16H2. The fourth-order valence-electron chi connectivity index (χ4n) is 1.84. The van der Waals surface area contributed by atoms with Crippen molar-refractivity contribution in [2.24, 2.45) is 0 Å². The number of nitrogen functional groups attached to an aromatic ring is 1. The predicted octanol–water partition coefficient (Wildman–Crippen LogP) is 1.88. The van der Waals surface area contributed by atoms with Gasteiger partial charge in [0.25, 0.3) is 5.91 Å². The molecule has 0 unspecified atom stereocenters. The lowest BCUT2D eigenvalue weighted by Crippen LogP contribution is -2.40. The highest BCUT2D eigenvalue weighted by molar-refractivity contribution is 7.21. The van der Waals surface area contributed by atoms with Crippen molar-refractivity contribution in [1.29, 1.82) is 0 Å². The summed E-state index contributed by atoms with van der Waals surface area (Å²) in [6.45, 7) is -2.42. The normalized spacial score (nSPS) is 11.8. The van der Waals surface area contributed by atoms with Crippen molar-refractivity contribution >= 4 is 33.1 Å². The smallest absolute Gasteiger partial charge is 0.396 e. The van der Waals surface area contributed by atoms with Crippen LogP contribution in [0.2, 0.25) is 0 Å². The summed E-state index contributed by atoms with van der Waals surface area (Å²) in [7, 11) is 0. The molecule has 1 amide bonds. The third kappa shape index (κ3) is 3.42. The molecule has 0 radical (unpaired) electrons. The van der Waals surface area contributed by atoms with E-state index in [0.29, 0.717) is 15.1 Å². The Hall–Kier alpha value is -1.87. The Morgan fingerprint density at radius 3 is 2.76 bits per heavy atom. The molecule has 2 rings (SSSR count). The number of alkyl halides is 3. The molecule has 0 aliphatic carbocycles. The van der Waals surface area contributed by atoms with Crippen molar-refractivity contribution in [3.8, 4) is 0 Å². The second kappa shape index (κ2) is 5.86. The van der Waals surface area contributed by atoms with E-state index in [-0.39, 0.29) is 10.6 Å². The Bertz CT molecular complexity index is 657. The highest BCUT2D eigenvalue weighted by Crippen LogP contribution is 2.33. The van der Waals surface area contributed by atoms with Crippen molar-refractivity contribution < 1.29 is 23.1 Å². The second-order valence-corrected chi connectivity index (χ2v) is 5.31. The van der Waals surface area contributed by atoms with Crippen LogP contribution in [0.15, 0.2) is 18.3 Å². The van der Waals surface area contributed by atoms with Gasteiger partial charge >= 0.3 is 6.18 Å². The number of amides is 1. The number of hydrogen-bond acceptors (Lipinski definition) is 5. The first kappa shape index (κ1) is 15.5. The minimum Gasteiger partial charge on any atom is -0.396 e. The summed E-state index contributed by atoms with van der Waals surface area (Å²) in [5.41, 5.74) is 6.25. The first-order valence-corrected chi connectivity index (χ1v) is 6.75. The Kier molecular flexibility index (Phi) is 4.33. The fraction of sp³-hybridized carbons (Fsp3) is 0.333. The van der Waals surface area contributed by atoms with Crippen LogP contribution in [0.5, 0.6) is 0 Å². The van der Waals surface area contributed by atoms with Crippen LogP contribution in [0.25, 0.3) is 10.2 Å². The number of pyridine rings is 1. The molecule has 0 atom stereocenters. The molecular formula is C12H12F3N3O2S. The summed E-state index contributed by atoms with van der Waals surface area (Å²) in [6.07, 6.45) is -3.06. The molecule has 5 nitrogen and oxygen atoms in total. The van der Waals surface area contributed by atoms with Crippen LogP contribution < -0.4 is 5.73 Å². The summed E-state index contributed by atoms with van der Waals surface area (Å²) in [4.78, 5) is 16.8. The predicted molar refractivity (Wildman–Crippen MR) is 73.1 cm³/mol. The molecule has 21 heavy (non-hydrogen) atoms. The van der Waals surface area contributed by atoms with Gasteiger partial charge in [0.15, 0.2) is 0 Å². The van der Waals surface area contributed by atoms with Crippen molar-refractivity contribution in [3.05, 3.63) is 23.2 Å². The summed E-state index contributed by atoms with van der Waals surface area (Å²) >= 11 is 0.984. The molecule has 0 spiro atoms. The van der Waals surface area contributed by atoms with Gasteiger partial charge in [0, 0.05) is 12.7 Å². The van der Waals surface area contributed by atoms with E-state index < -0.39 is 31.8 Å². The lowest BCUT2D eigenvalue weighted by molar-refractivity contribution is -0.141. The lowest BCUT2D eigenvalue weighted by atomic mass is 10.3. The summed E-state index contributed by atoms with van der Waals surface area (Å²) in [6, 6.07) is 3.33. The Morgan fingerprint density at radius 2 is 2.19 bits per heavy atom. The van der Waals surface area contributed by atoms with Gasteiger partial charge < -0.3 is 15.7 Å². The van der Waals surface area contributed by atoms with Gasteiger partial charge in [-0.1, -0.05) is 0 Å². The molecule has 0 bridgehead atoms. The topological polar surface area (TPSA) is 79.5 Å². The average Bonchev–Trinajstić information content (AvgIpc) is 2.74. The number of anilines is 1. The highest BCUT2D eigenvalue weighted by atomic mass is 32.1. The number of hydrogen-bond donors (Lipinski definition) is 2. The number of carbonyl (C=O) groups is 1. The van der Waals surface area contributed by atoms with Crippen molar-refractivity contribution in [2.75, 3.05) is 25.4 Å². The molecule has 0 saturated heterocycles. The fourth-order valence-corrected chi connectivity index (χ4v) is 2.89. The number of rotatable bonds is 4. The zero-order valence-electron chi connectivity index (χ0n) is 10.7. The van der Waals surface area contributed by atoms with Crippen molar-refractivity contribution in [1.82, 2.24) is 9.88 Å². The minimum absolute atomic E-state index is 0.00130. The summed E-state index contributed by atoms with van der Waals surface area (Å²) in [5.74, 6) is -0.859. The Morgan fingerprint density at radius 1 is 1.48 bits per heavy atom. The number of halogens is 3. The molecule has 0 aliphatic heterocycles. The number of nitrogens with two attached hydrogens (primary N) is 1. The van der Waals surface area contributed by atoms with Crippen molar-refractivity contribution in [2.45, 2.75) is 6.18 Å². The number of carbonyl (C=O) groups excluding carboxylic acids is 1. The minimum atomic E-state index is -4.55. The van der Waals surface area contributed by atoms with Gasteiger partial charge in [0.1, 0.15) is 16.9 Å². The maximum absolute atomic E-state index is 12.5. The molecular weight excluding hydrogens is 307 g/mol. The van der Waals surface area contributed by atoms with Gasteiger partial charge in [0.05, 0.1) is 17.0 Å². The monoisotopic (exact) mass is 319 g/mol. The molecule has 2 heterocycles. The maximum Gasteiger partial charge on any atom is 0.406 e. The third-order valence-corrected chi connectivity index (χ3v) is 3.85. The van der Waals surface area contributed by atoms with Crippen LogP contribution in [0.4, 0.5) is 18.9 Å². The van der Waals surface area contributed by atoms with Crippen LogP contribution in [0, 0.1) is 0 Å². The van der Waals surface area contributed by atoms with Gasteiger partial charge in [-0.05, 0) is 12.1 Å². The molecule has 2 aromatic heterocycles. The van der Waals surface area contributed by atoms with E-state index in [1.165, 1.54) is 6.20 Å². The number of aliphatic hydroxyl groups excluding tert-OH is 1. The van der Waals surface area contributed by atoms with E-state index in [4.69, 9.17) is 10.8 Å². The van der Waals surface area contributed by atoms with Crippen LogP contribution >= 0.6 is 11.3 Å². The van der Waals surface area contributed by atoms with E-state index in [1.807, 2.05) is 0 Å². The van der Waals surface area contributed by atoms with Crippen LogP contribution in [-0.4, -0.2) is 46.8 Å². The summed E-state index contributed by atoms with van der Waals surface area (Å²) < 4.78 is 38.1. The number of aliphatic hydroxyl groups is 1. The van der Waals surface area contributed by atoms with E-state index in [2.05, 4.69) is 4.98 Å². The van der Waals surface area contributed by atoms with E-state index in [1.54, 1.807) is 12.1 Å². The van der Waals surface area contributed by atoms with Crippen LogP contribution in [0.1, 0.15) is 9.67 Å². The van der Waals surface area contributed by atoms with Gasteiger partial charge in [-0.3, -0.25) is 9.78 Å². The SMILES string of the molecule is Nc1c(C(=O)N(CCO)CC(F)(F)F)sc2cccnc12. The number of nitrogens with zero attached hydrogens (tertiary/aromatic N) is 2. The zero-order chi connectivity index (χ0) is 15.6. The van der Waals surface area contributed by atoms with E-state index in [0.717, 1.165) is 11.3 Å². The number of aromatic nitrogens is 1. The average molecular weight is 319 g/mol. The van der Waals surface area contributed by atoms with Gasteiger partial charge in [-0.2, -0.15) is 13.2 Å². The van der Waals surface area contributed by atoms with Gasteiger partial charge in [0.2, 0.25) is 0 Å².